The lowest BCUT2D eigenvalue weighted by Gasteiger charge is -2.08. The lowest BCUT2D eigenvalue weighted by molar-refractivity contribution is 1.28. The van der Waals surface area contributed by atoms with Gasteiger partial charge in [0.15, 0.2) is 0 Å². The van der Waals surface area contributed by atoms with Crippen LogP contribution in [0, 0.1) is 18.3 Å². The molecular weight excluding hydrogens is 172 g/mol. The Hall–Kier alpha value is -1.75. The van der Waals surface area contributed by atoms with Gasteiger partial charge in [-0.1, -0.05) is 18.2 Å². The number of rotatable bonds is 2. The first kappa shape index (κ1) is 10.3. The maximum Gasteiger partial charge on any atom is 0.117 e. The van der Waals surface area contributed by atoms with Crippen molar-refractivity contribution in [2.45, 2.75) is 20.8 Å². The molecule has 0 fully saturated rings. The Kier molecular flexibility index (Phi) is 3.30. The van der Waals surface area contributed by atoms with Crippen LogP contribution in [0.4, 0.5) is 5.69 Å². The number of allylic oxidation sites excluding steroid dienone is 2. The molecule has 0 radical (unpaired) electrons. The van der Waals surface area contributed by atoms with Gasteiger partial charge in [-0.15, -0.1) is 0 Å². The van der Waals surface area contributed by atoms with Crippen molar-refractivity contribution in [2.75, 3.05) is 5.32 Å². The topological polar surface area (TPSA) is 35.8 Å². The van der Waals surface area contributed by atoms with Gasteiger partial charge in [0, 0.05) is 5.69 Å². The van der Waals surface area contributed by atoms with E-state index in [4.69, 9.17) is 5.26 Å². The van der Waals surface area contributed by atoms with E-state index in [2.05, 4.69) is 11.4 Å². The number of para-hydroxylation sites is 1. The average Bonchev–Trinajstić information content (AvgIpc) is 2.16. The maximum absolute atomic E-state index is 8.88. The van der Waals surface area contributed by atoms with E-state index in [1.54, 1.807) is 0 Å². The Balaban J connectivity index is 2.96. The zero-order valence-electron chi connectivity index (χ0n) is 8.76. The molecule has 1 aromatic rings. The van der Waals surface area contributed by atoms with Gasteiger partial charge in [-0.05, 0) is 38.0 Å². The molecule has 2 nitrogen and oxygen atoms in total. The van der Waals surface area contributed by atoms with Gasteiger partial charge in [0.05, 0.1) is 0 Å². The Morgan fingerprint density at radius 1 is 1.29 bits per heavy atom. The molecule has 1 N–H and O–H groups in total. The predicted octanol–water partition coefficient (Wildman–Crippen LogP) is 3.22. The summed E-state index contributed by atoms with van der Waals surface area (Å²) in [5.74, 6) is 0. The van der Waals surface area contributed by atoms with Gasteiger partial charge in [-0.2, -0.15) is 5.26 Å². The van der Waals surface area contributed by atoms with Crippen LogP contribution in [-0.2, 0) is 0 Å². The standard InChI is InChI=1S/C12H14N2/c1-9(2)12(8-13)14-11-7-5-4-6-10(11)3/h4-7,14H,1-3H3. The molecule has 0 aliphatic heterocycles. The summed E-state index contributed by atoms with van der Waals surface area (Å²) in [5, 5.41) is 12.0. The summed E-state index contributed by atoms with van der Waals surface area (Å²) in [4.78, 5) is 0. The first-order valence-electron chi connectivity index (χ1n) is 4.55. The summed E-state index contributed by atoms with van der Waals surface area (Å²) in [6.45, 7) is 5.86. The molecule has 0 spiro atoms. The van der Waals surface area contributed by atoms with E-state index in [1.807, 2.05) is 45.0 Å². The van der Waals surface area contributed by atoms with E-state index in [0.717, 1.165) is 16.8 Å². The summed E-state index contributed by atoms with van der Waals surface area (Å²) < 4.78 is 0. The fourth-order valence-corrected chi connectivity index (χ4v) is 1.11. The fourth-order valence-electron chi connectivity index (χ4n) is 1.11. The molecule has 14 heavy (non-hydrogen) atoms. The second-order valence-electron chi connectivity index (χ2n) is 3.43. The van der Waals surface area contributed by atoms with Gasteiger partial charge in [-0.25, -0.2) is 0 Å². The van der Waals surface area contributed by atoms with Crippen LogP contribution < -0.4 is 5.32 Å². The van der Waals surface area contributed by atoms with Crippen LogP contribution in [0.1, 0.15) is 19.4 Å². The number of benzene rings is 1. The number of nitriles is 1. The Morgan fingerprint density at radius 3 is 2.43 bits per heavy atom. The smallest absolute Gasteiger partial charge is 0.117 e. The molecule has 0 atom stereocenters. The second kappa shape index (κ2) is 4.48. The highest BCUT2D eigenvalue weighted by Crippen LogP contribution is 2.16. The van der Waals surface area contributed by atoms with E-state index in [0.29, 0.717) is 5.70 Å². The van der Waals surface area contributed by atoms with Crippen LogP contribution in [-0.4, -0.2) is 0 Å². The lowest BCUT2D eigenvalue weighted by atomic mass is 10.2. The zero-order valence-corrected chi connectivity index (χ0v) is 8.76. The number of nitrogens with zero attached hydrogens (tertiary/aromatic N) is 1. The van der Waals surface area contributed by atoms with Gasteiger partial charge >= 0.3 is 0 Å². The summed E-state index contributed by atoms with van der Waals surface area (Å²) >= 11 is 0. The summed E-state index contributed by atoms with van der Waals surface area (Å²) in [6.07, 6.45) is 0. The lowest BCUT2D eigenvalue weighted by Crippen LogP contribution is -2.00. The van der Waals surface area contributed by atoms with E-state index in [9.17, 15) is 0 Å². The van der Waals surface area contributed by atoms with Crippen molar-refractivity contribution >= 4 is 5.69 Å². The molecule has 0 amide bonds. The number of nitrogens with one attached hydrogen (secondary N) is 1. The maximum atomic E-state index is 8.88. The number of aryl methyl sites for hydroxylation is 1. The quantitative estimate of drug-likeness (QED) is 0.720. The third-order valence-corrected chi connectivity index (χ3v) is 2.02. The molecule has 2 heteroatoms. The predicted molar refractivity (Wildman–Crippen MR) is 58.8 cm³/mol. The molecule has 0 aliphatic carbocycles. The minimum absolute atomic E-state index is 0.624. The largest absolute Gasteiger partial charge is 0.347 e. The molecule has 72 valence electrons. The van der Waals surface area contributed by atoms with Gasteiger partial charge in [0.1, 0.15) is 11.8 Å². The molecule has 0 unspecified atom stereocenters. The van der Waals surface area contributed by atoms with Crippen molar-refractivity contribution in [3.05, 3.63) is 41.1 Å². The van der Waals surface area contributed by atoms with Crippen LogP contribution in [0.2, 0.25) is 0 Å². The Morgan fingerprint density at radius 2 is 1.93 bits per heavy atom. The van der Waals surface area contributed by atoms with E-state index < -0.39 is 0 Å². The molecule has 0 heterocycles. The van der Waals surface area contributed by atoms with Crippen molar-refractivity contribution in [2.24, 2.45) is 0 Å². The van der Waals surface area contributed by atoms with Gasteiger partial charge < -0.3 is 5.32 Å². The van der Waals surface area contributed by atoms with Crippen LogP contribution in [0.5, 0.6) is 0 Å². The van der Waals surface area contributed by atoms with Crippen molar-refractivity contribution in [3.8, 4) is 6.07 Å². The average molecular weight is 186 g/mol. The van der Waals surface area contributed by atoms with Crippen LogP contribution in [0.3, 0.4) is 0 Å². The monoisotopic (exact) mass is 186 g/mol. The molecular formula is C12H14N2. The molecule has 0 aliphatic rings. The first-order chi connectivity index (χ1) is 6.65. The Labute approximate surface area is 84.9 Å². The third kappa shape index (κ3) is 2.37. The van der Waals surface area contributed by atoms with E-state index in [-0.39, 0.29) is 0 Å². The number of anilines is 1. The first-order valence-corrected chi connectivity index (χ1v) is 4.55. The van der Waals surface area contributed by atoms with Crippen molar-refractivity contribution in [1.82, 2.24) is 0 Å². The van der Waals surface area contributed by atoms with E-state index >= 15 is 0 Å². The SMILES string of the molecule is CC(C)=C(C#N)Nc1ccccc1C. The summed E-state index contributed by atoms with van der Waals surface area (Å²) in [6, 6.07) is 10.1. The summed E-state index contributed by atoms with van der Waals surface area (Å²) in [5.41, 5.74) is 3.75. The van der Waals surface area contributed by atoms with Crippen molar-refractivity contribution in [3.63, 3.8) is 0 Å². The molecule has 0 aromatic heterocycles. The molecule has 0 bridgehead atoms. The van der Waals surface area contributed by atoms with Crippen LogP contribution in [0.15, 0.2) is 35.5 Å². The van der Waals surface area contributed by atoms with Crippen molar-refractivity contribution < 1.29 is 0 Å². The molecule has 1 rings (SSSR count). The van der Waals surface area contributed by atoms with Gasteiger partial charge in [0.2, 0.25) is 0 Å². The Bertz CT molecular complexity index is 393. The normalized spacial score (nSPS) is 9.00. The summed E-state index contributed by atoms with van der Waals surface area (Å²) in [7, 11) is 0. The minimum atomic E-state index is 0.624. The van der Waals surface area contributed by atoms with Crippen LogP contribution in [0.25, 0.3) is 0 Å². The third-order valence-electron chi connectivity index (χ3n) is 2.02. The second-order valence-corrected chi connectivity index (χ2v) is 3.43. The number of hydrogen-bond acceptors (Lipinski definition) is 2. The van der Waals surface area contributed by atoms with Gasteiger partial charge in [0.25, 0.3) is 0 Å². The van der Waals surface area contributed by atoms with Crippen LogP contribution >= 0.6 is 0 Å². The number of hydrogen-bond donors (Lipinski definition) is 1. The molecule has 0 saturated heterocycles. The highest BCUT2D eigenvalue weighted by Gasteiger charge is 2.00. The minimum Gasteiger partial charge on any atom is -0.347 e. The zero-order chi connectivity index (χ0) is 10.6. The highest BCUT2D eigenvalue weighted by molar-refractivity contribution is 5.57. The van der Waals surface area contributed by atoms with Crippen molar-refractivity contribution in [1.29, 1.82) is 5.26 Å². The fraction of sp³-hybridized carbons (Fsp3) is 0.250. The highest BCUT2D eigenvalue weighted by atomic mass is 14.9. The molecule has 0 saturated carbocycles. The molecule has 1 aromatic carbocycles. The van der Waals surface area contributed by atoms with E-state index in [1.165, 1.54) is 0 Å². The van der Waals surface area contributed by atoms with Gasteiger partial charge in [-0.3, -0.25) is 0 Å².